The van der Waals surface area contributed by atoms with Crippen LogP contribution in [0.2, 0.25) is 0 Å². The predicted molar refractivity (Wildman–Crippen MR) is 48.4 cm³/mol. The monoisotopic (exact) mass is 159 g/mol. The van der Waals surface area contributed by atoms with Gasteiger partial charge in [0, 0.05) is 0 Å². The highest BCUT2D eigenvalue weighted by atomic mass is 19.1. The molecule has 1 heteroatoms. The van der Waals surface area contributed by atoms with Crippen LogP contribution in [0.4, 0.5) is 4.39 Å². The molecule has 2 rings (SSSR count). The number of hydrogen-bond donors (Lipinski definition) is 0. The van der Waals surface area contributed by atoms with E-state index in [0.29, 0.717) is 5.56 Å². The molecule has 2 aromatic rings. The van der Waals surface area contributed by atoms with E-state index in [1.807, 2.05) is 24.3 Å². The number of fused-ring (bicyclic) bond motifs is 1. The van der Waals surface area contributed by atoms with Crippen molar-refractivity contribution in [3.8, 4) is 0 Å². The molecule has 0 amide bonds. The molecule has 0 aromatic heterocycles. The summed E-state index contributed by atoms with van der Waals surface area (Å²) in [4.78, 5) is 0. The first-order chi connectivity index (χ1) is 5.77. The maximum Gasteiger partial charge on any atom is 0.127 e. The van der Waals surface area contributed by atoms with E-state index < -0.39 is 0 Å². The molecule has 0 fully saturated rings. The lowest BCUT2D eigenvalue weighted by molar-refractivity contribution is 0.625. The fraction of sp³-hybridized carbons (Fsp3) is 0. The Hall–Kier alpha value is -1.37. The molecular formula is C11H8F. The molecule has 0 aliphatic rings. The Morgan fingerprint density at radius 2 is 1.58 bits per heavy atom. The number of hydrogen-bond acceptors (Lipinski definition) is 0. The Balaban J connectivity index is 2.84. The van der Waals surface area contributed by atoms with Crippen LogP contribution in [0.1, 0.15) is 5.56 Å². The van der Waals surface area contributed by atoms with E-state index in [2.05, 4.69) is 6.92 Å². The van der Waals surface area contributed by atoms with E-state index in [1.54, 1.807) is 6.07 Å². The van der Waals surface area contributed by atoms with Crippen molar-refractivity contribution in [3.05, 3.63) is 54.7 Å². The third-order valence-electron chi connectivity index (χ3n) is 1.91. The SMILES string of the molecule is [CH2]c1cc2ccccc2cc1F. The van der Waals surface area contributed by atoms with Crippen LogP contribution in [0.25, 0.3) is 10.8 Å². The lowest BCUT2D eigenvalue weighted by atomic mass is 10.1. The summed E-state index contributed by atoms with van der Waals surface area (Å²) in [6.07, 6.45) is 0. The van der Waals surface area contributed by atoms with Gasteiger partial charge in [-0.05, 0) is 35.4 Å². The summed E-state index contributed by atoms with van der Waals surface area (Å²) in [5.41, 5.74) is 0.453. The second kappa shape index (κ2) is 2.59. The molecule has 59 valence electrons. The first kappa shape index (κ1) is 7.29. The van der Waals surface area contributed by atoms with Gasteiger partial charge >= 0.3 is 0 Å². The van der Waals surface area contributed by atoms with Crippen molar-refractivity contribution in [2.75, 3.05) is 0 Å². The van der Waals surface area contributed by atoms with Crippen LogP contribution in [0, 0.1) is 12.7 Å². The molecule has 0 atom stereocenters. The molecule has 0 saturated carbocycles. The number of benzene rings is 2. The standard InChI is InChI=1S/C11H8F/c1-8-6-9-4-2-3-5-10(9)7-11(8)12/h2-7H,1H2. The van der Waals surface area contributed by atoms with Gasteiger partial charge in [0.05, 0.1) is 0 Å². The minimum absolute atomic E-state index is 0.242. The van der Waals surface area contributed by atoms with Crippen molar-refractivity contribution in [2.24, 2.45) is 0 Å². The summed E-state index contributed by atoms with van der Waals surface area (Å²) < 4.78 is 13.0. The second-order valence-corrected chi connectivity index (χ2v) is 2.79. The molecule has 0 bridgehead atoms. The van der Waals surface area contributed by atoms with E-state index in [1.165, 1.54) is 6.07 Å². The summed E-state index contributed by atoms with van der Waals surface area (Å²) in [7, 11) is 0. The zero-order valence-corrected chi connectivity index (χ0v) is 6.55. The molecule has 12 heavy (non-hydrogen) atoms. The highest BCUT2D eigenvalue weighted by Gasteiger charge is 1.98. The number of halogens is 1. The smallest absolute Gasteiger partial charge is 0.127 e. The van der Waals surface area contributed by atoms with Crippen LogP contribution in [-0.2, 0) is 0 Å². The fourth-order valence-electron chi connectivity index (χ4n) is 1.26. The molecular weight excluding hydrogens is 151 g/mol. The zero-order chi connectivity index (χ0) is 8.55. The van der Waals surface area contributed by atoms with Gasteiger partial charge in [0.15, 0.2) is 0 Å². The largest absolute Gasteiger partial charge is 0.207 e. The van der Waals surface area contributed by atoms with Crippen LogP contribution in [0.15, 0.2) is 36.4 Å². The van der Waals surface area contributed by atoms with Gasteiger partial charge in [0.25, 0.3) is 0 Å². The first-order valence-electron chi connectivity index (χ1n) is 3.77. The van der Waals surface area contributed by atoms with Crippen LogP contribution in [-0.4, -0.2) is 0 Å². The minimum Gasteiger partial charge on any atom is -0.207 e. The predicted octanol–water partition coefficient (Wildman–Crippen LogP) is 3.16. The molecule has 0 heterocycles. The maximum atomic E-state index is 13.0. The molecule has 0 aliphatic carbocycles. The summed E-state index contributed by atoms with van der Waals surface area (Å²) in [5, 5.41) is 1.95. The van der Waals surface area contributed by atoms with E-state index in [9.17, 15) is 4.39 Å². The van der Waals surface area contributed by atoms with Crippen LogP contribution in [0.5, 0.6) is 0 Å². The van der Waals surface area contributed by atoms with E-state index in [0.717, 1.165) is 10.8 Å². The number of rotatable bonds is 0. The van der Waals surface area contributed by atoms with Crippen molar-refractivity contribution in [3.63, 3.8) is 0 Å². The molecule has 0 nitrogen and oxygen atoms in total. The van der Waals surface area contributed by atoms with Crippen molar-refractivity contribution in [2.45, 2.75) is 0 Å². The van der Waals surface area contributed by atoms with Gasteiger partial charge in [-0.15, -0.1) is 0 Å². The summed E-state index contributed by atoms with van der Waals surface area (Å²) >= 11 is 0. The summed E-state index contributed by atoms with van der Waals surface area (Å²) in [6, 6.07) is 10.9. The van der Waals surface area contributed by atoms with Gasteiger partial charge < -0.3 is 0 Å². The Labute approximate surface area is 70.6 Å². The third kappa shape index (κ3) is 1.07. The normalized spacial score (nSPS) is 10.5. The van der Waals surface area contributed by atoms with Gasteiger partial charge in [0.2, 0.25) is 0 Å². The summed E-state index contributed by atoms with van der Waals surface area (Å²) in [5.74, 6) is -0.242. The Bertz CT molecular complexity index is 378. The lowest BCUT2D eigenvalue weighted by Gasteiger charge is -1.99. The first-order valence-corrected chi connectivity index (χ1v) is 3.77. The zero-order valence-electron chi connectivity index (χ0n) is 6.55. The average Bonchev–Trinajstić information content (AvgIpc) is 2.07. The highest BCUT2D eigenvalue weighted by Crippen LogP contribution is 2.17. The molecule has 0 unspecified atom stereocenters. The molecule has 0 spiro atoms. The Morgan fingerprint density at radius 3 is 2.25 bits per heavy atom. The Morgan fingerprint density at radius 1 is 1.00 bits per heavy atom. The van der Waals surface area contributed by atoms with E-state index in [-0.39, 0.29) is 5.82 Å². The molecule has 2 aromatic carbocycles. The van der Waals surface area contributed by atoms with Gasteiger partial charge in [0.1, 0.15) is 5.82 Å². The fourth-order valence-corrected chi connectivity index (χ4v) is 1.26. The van der Waals surface area contributed by atoms with Crippen LogP contribution >= 0.6 is 0 Å². The molecule has 0 aliphatic heterocycles. The van der Waals surface area contributed by atoms with Crippen molar-refractivity contribution in [1.82, 2.24) is 0 Å². The van der Waals surface area contributed by atoms with Crippen molar-refractivity contribution in [1.29, 1.82) is 0 Å². The minimum atomic E-state index is -0.242. The molecule has 0 N–H and O–H groups in total. The molecule has 1 radical (unpaired) electrons. The van der Waals surface area contributed by atoms with Gasteiger partial charge in [-0.3, -0.25) is 0 Å². The van der Waals surface area contributed by atoms with Gasteiger partial charge in [-0.1, -0.05) is 24.3 Å². The topological polar surface area (TPSA) is 0 Å². The summed E-state index contributed by atoms with van der Waals surface area (Å²) in [6.45, 7) is 3.60. The van der Waals surface area contributed by atoms with E-state index >= 15 is 0 Å². The second-order valence-electron chi connectivity index (χ2n) is 2.79. The van der Waals surface area contributed by atoms with E-state index in [4.69, 9.17) is 0 Å². The maximum absolute atomic E-state index is 13.0. The quantitative estimate of drug-likeness (QED) is 0.554. The van der Waals surface area contributed by atoms with Crippen LogP contribution < -0.4 is 0 Å². The van der Waals surface area contributed by atoms with Crippen molar-refractivity contribution >= 4 is 10.8 Å². The van der Waals surface area contributed by atoms with Gasteiger partial charge in [-0.2, -0.15) is 0 Å². The molecule has 0 saturated heterocycles. The van der Waals surface area contributed by atoms with Crippen LogP contribution in [0.3, 0.4) is 0 Å². The lowest BCUT2D eigenvalue weighted by Crippen LogP contribution is -1.81. The highest BCUT2D eigenvalue weighted by molar-refractivity contribution is 5.83. The third-order valence-corrected chi connectivity index (χ3v) is 1.91. The average molecular weight is 159 g/mol. The Kier molecular flexibility index (Phi) is 1.58. The van der Waals surface area contributed by atoms with Crippen molar-refractivity contribution < 1.29 is 4.39 Å². The van der Waals surface area contributed by atoms with Gasteiger partial charge in [-0.25, -0.2) is 4.39 Å².